The molecule has 310 valence electrons. The van der Waals surface area contributed by atoms with Crippen LogP contribution in [0.2, 0.25) is 0 Å². The monoisotopic (exact) mass is 806 g/mol. The Morgan fingerprint density at radius 2 is 0.667 bits per heavy atom. The molecule has 0 aliphatic carbocycles. The molecule has 4 rings (SSSR count). The molecule has 0 spiro atoms. The maximum absolute atomic E-state index is 13.6. The summed E-state index contributed by atoms with van der Waals surface area (Å²) in [6, 6.07) is 30.6. The van der Waals surface area contributed by atoms with Gasteiger partial charge in [0.1, 0.15) is 5.60 Å². The number of hydrogen-bond donors (Lipinski definition) is 0. The quantitative estimate of drug-likeness (QED) is 0.0111. The standard InChI is InChI=1S/C42H47F5O10/c43-36-37(44)39(46)41(40(47)38(36)45)57-35(48)16-17-49-18-19-50-20-21-51-22-23-52-24-25-53-26-27-54-28-29-55-30-31-56-42(32-10-4-1-5-11-32,33-12-6-2-7-13-33)34-14-8-3-9-15-34/h1-15H,16-31H2. The average Bonchev–Trinajstić information content (AvgIpc) is 3.25. The van der Waals surface area contributed by atoms with Gasteiger partial charge in [0, 0.05) is 0 Å². The molecular formula is C42H47F5O10. The first-order valence-electron chi connectivity index (χ1n) is 18.4. The van der Waals surface area contributed by atoms with Crippen LogP contribution in [0, 0.1) is 29.1 Å². The third-order valence-corrected chi connectivity index (χ3v) is 8.16. The number of carbonyl (C=O) groups is 1. The summed E-state index contributed by atoms with van der Waals surface area (Å²) in [6.45, 7) is 4.56. The fourth-order valence-electron chi connectivity index (χ4n) is 5.44. The number of carbonyl (C=O) groups excluding carboxylic acids is 1. The van der Waals surface area contributed by atoms with Crippen LogP contribution in [0.5, 0.6) is 5.75 Å². The Morgan fingerprint density at radius 1 is 0.386 bits per heavy atom. The van der Waals surface area contributed by atoms with Crippen molar-refractivity contribution >= 4 is 5.97 Å². The summed E-state index contributed by atoms with van der Waals surface area (Å²) in [7, 11) is 0. The van der Waals surface area contributed by atoms with Gasteiger partial charge in [0.05, 0.1) is 106 Å². The second kappa shape index (κ2) is 25.8. The highest BCUT2D eigenvalue weighted by molar-refractivity contribution is 5.72. The largest absolute Gasteiger partial charge is 0.420 e. The molecule has 4 aromatic rings. The number of rotatable bonds is 29. The van der Waals surface area contributed by atoms with E-state index in [-0.39, 0.29) is 26.4 Å². The van der Waals surface area contributed by atoms with Gasteiger partial charge in [-0.15, -0.1) is 0 Å². The highest BCUT2D eigenvalue weighted by Gasteiger charge is 2.37. The van der Waals surface area contributed by atoms with Gasteiger partial charge in [0.15, 0.2) is 0 Å². The third-order valence-electron chi connectivity index (χ3n) is 8.16. The molecule has 0 aliphatic heterocycles. The van der Waals surface area contributed by atoms with Crippen LogP contribution in [0.3, 0.4) is 0 Å². The van der Waals surface area contributed by atoms with Crippen LogP contribution in [-0.4, -0.2) is 105 Å². The maximum Gasteiger partial charge on any atom is 0.313 e. The van der Waals surface area contributed by atoms with Crippen LogP contribution in [0.4, 0.5) is 22.0 Å². The predicted octanol–water partition coefficient (Wildman–Crippen LogP) is 6.80. The molecule has 10 nitrogen and oxygen atoms in total. The molecule has 4 aromatic carbocycles. The second-order valence-electron chi connectivity index (χ2n) is 12.0. The van der Waals surface area contributed by atoms with E-state index in [0.29, 0.717) is 72.7 Å². The Kier molecular flexibility index (Phi) is 20.6. The minimum absolute atomic E-state index is 0.0778. The Labute approximate surface area is 328 Å². The lowest BCUT2D eigenvalue weighted by Crippen LogP contribution is -2.34. The zero-order valence-corrected chi connectivity index (χ0v) is 31.4. The Bertz CT molecular complexity index is 1600. The van der Waals surface area contributed by atoms with E-state index in [1.807, 2.05) is 54.6 Å². The van der Waals surface area contributed by atoms with E-state index in [2.05, 4.69) is 41.1 Å². The normalized spacial score (nSPS) is 11.6. The summed E-state index contributed by atoms with van der Waals surface area (Å²) < 4.78 is 116. The molecule has 57 heavy (non-hydrogen) atoms. The van der Waals surface area contributed by atoms with Crippen molar-refractivity contribution in [1.29, 1.82) is 0 Å². The van der Waals surface area contributed by atoms with Crippen molar-refractivity contribution in [1.82, 2.24) is 0 Å². The highest BCUT2D eigenvalue weighted by Crippen LogP contribution is 2.40. The summed E-state index contributed by atoms with van der Waals surface area (Å²) in [5.41, 5.74) is 2.31. The molecular weight excluding hydrogens is 759 g/mol. The van der Waals surface area contributed by atoms with Gasteiger partial charge in [0.25, 0.3) is 0 Å². The van der Waals surface area contributed by atoms with Crippen LogP contribution < -0.4 is 4.74 Å². The van der Waals surface area contributed by atoms with Crippen molar-refractivity contribution in [2.24, 2.45) is 0 Å². The van der Waals surface area contributed by atoms with Crippen LogP contribution in [0.1, 0.15) is 23.1 Å². The van der Waals surface area contributed by atoms with Crippen molar-refractivity contribution in [2.45, 2.75) is 12.0 Å². The van der Waals surface area contributed by atoms with Crippen LogP contribution >= 0.6 is 0 Å². The molecule has 0 amide bonds. The first-order valence-corrected chi connectivity index (χ1v) is 18.4. The summed E-state index contributed by atoms with van der Waals surface area (Å²) in [6.07, 6.45) is -0.489. The van der Waals surface area contributed by atoms with E-state index in [0.717, 1.165) is 16.7 Å². The molecule has 0 fully saturated rings. The van der Waals surface area contributed by atoms with Gasteiger partial charge in [-0.05, 0) is 16.7 Å². The van der Waals surface area contributed by atoms with Gasteiger partial charge in [-0.1, -0.05) is 91.0 Å². The number of benzene rings is 4. The zero-order valence-electron chi connectivity index (χ0n) is 31.4. The third kappa shape index (κ3) is 14.5. The molecule has 0 saturated carbocycles. The molecule has 0 heterocycles. The summed E-state index contributed by atoms with van der Waals surface area (Å²) in [5, 5.41) is 0. The number of ether oxygens (including phenoxy) is 9. The maximum atomic E-state index is 13.6. The van der Waals surface area contributed by atoms with Gasteiger partial charge in [-0.3, -0.25) is 4.79 Å². The minimum Gasteiger partial charge on any atom is -0.420 e. The van der Waals surface area contributed by atoms with E-state index in [1.165, 1.54) is 0 Å². The molecule has 15 heteroatoms. The van der Waals surface area contributed by atoms with Gasteiger partial charge >= 0.3 is 5.97 Å². The van der Waals surface area contributed by atoms with Crippen LogP contribution in [0.15, 0.2) is 91.0 Å². The van der Waals surface area contributed by atoms with Crippen LogP contribution in [-0.2, 0) is 48.3 Å². The molecule has 0 atom stereocenters. The zero-order chi connectivity index (χ0) is 40.6. The molecule has 0 N–H and O–H groups in total. The van der Waals surface area contributed by atoms with E-state index >= 15 is 0 Å². The van der Waals surface area contributed by atoms with Gasteiger partial charge < -0.3 is 42.6 Å². The first kappa shape index (κ1) is 45.4. The van der Waals surface area contributed by atoms with E-state index in [4.69, 9.17) is 37.9 Å². The predicted molar refractivity (Wildman–Crippen MR) is 197 cm³/mol. The molecule has 0 saturated heterocycles. The minimum atomic E-state index is -2.35. The Morgan fingerprint density at radius 3 is 1.00 bits per heavy atom. The lowest BCUT2D eigenvalue weighted by Gasteiger charge is -2.36. The van der Waals surface area contributed by atoms with E-state index in [1.54, 1.807) is 0 Å². The van der Waals surface area contributed by atoms with Crippen molar-refractivity contribution in [3.8, 4) is 5.75 Å². The Hall–Kier alpha value is -4.32. The van der Waals surface area contributed by atoms with Gasteiger partial charge in [-0.2, -0.15) is 8.78 Å². The molecule has 0 aromatic heterocycles. The topological polar surface area (TPSA) is 100 Å². The second-order valence-corrected chi connectivity index (χ2v) is 12.0. The van der Waals surface area contributed by atoms with Crippen molar-refractivity contribution < 1.29 is 69.4 Å². The number of esters is 1. The fraction of sp³-hybridized carbons (Fsp3) is 0.405. The van der Waals surface area contributed by atoms with Crippen molar-refractivity contribution in [3.63, 3.8) is 0 Å². The smallest absolute Gasteiger partial charge is 0.313 e. The van der Waals surface area contributed by atoms with Crippen molar-refractivity contribution in [2.75, 3.05) is 99.1 Å². The van der Waals surface area contributed by atoms with Crippen molar-refractivity contribution in [3.05, 3.63) is 137 Å². The van der Waals surface area contributed by atoms with Gasteiger partial charge in [0.2, 0.25) is 34.8 Å². The fourth-order valence-corrected chi connectivity index (χ4v) is 5.44. The highest BCUT2D eigenvalue weighted by atomic mass is 19.2. The van der Waals surface area contributed by atoms with E-state index < -0.39 is 52.8 Å². The Balaban J connectivity index is 0.928. The van der Waals surface area contributed by atoms with Gasteiger partial charge in [-0.25, -0.2) is 13.2 Å². The molecule has 0 radical (unpaired) electrons. The summed E-state index contributed by atoms with van der Waals surface area (Å²) in [4.78, 5) is 11.7. The summed E-state index contributed by atoms with van der Waals surface area (Å²) in [5.74, 6) is -14.1. The molecule has 0 aliphatic rings. The van der Waals surface area contributed by atoms with E-state index in [9.17, 15) is 26.7 Å². The average molecular weight is 807 g/mol. The number of hydrogen-bond acceptors (Lipinski definition) is 10. The lowest BCUT2D eigenvalue weighted by molar-refractivity contribution is -0.136. The van der Waals surface area contributed by atoms with Crippen LogP contribution in [0.25, 0.3) is 0 Å². The lowest BCUT2D eigenvalue weighted by atomic mass is 9.80. The summed E-state index contributed by atoms with van der Waals surface area (Å²) >= 11 is 0. The molecule has 0 unspecified atom stereocenters. The first-order chi connectivity index (χ1) is 27.9. The molecule has 0 bridgehead atoms. The number of halogens is 5. The SMILES string of the molecule is O=C(CCOCCOCCOCCOCCOCCOCCOCCOC(c1ccccc1)(c1ccccc1)c1ccccc1)Oc1c(F)c(F)c(F)c(F)c1F.